The van der Waals surface area contributed by atoms with Gasteiger partial charge in [0.1, 0.15) is 11.4 Å². The van der Waals surface area contributed by atoms with Crippen LogP contribution in [0.2, 0.25) is 0 Å². The molecule has 9 nitrogen and oxygen atoms in total. The molecular weight excluding hydrogens is 362 g/mol. The van der Waals surface area contributed by atoms with Gasteiger partial charge in [0.2, 0.25) is 11.8 Å². The van der Waals surface area contributed by atoms with Crippen LogP contribution in [0.5, 0.6) is 11.8 Å². The van der Waals surface area contributed by atoms with Gasteiger partial charge in [0, 0.05) is 32.7 Å². The lowest BCUT2D eigenvalue weighted by Gasteiger charge is -2.19. The summed E-state index contributed by atoms with van der Waals surface area (Å²) in [6.07, 6.45) is 1.64. The van der Waals surface area contributed by atoms with Crippen LogP contribution in [-0.2, 0) is 9.59 Å². The van der Waals surface area contributed by atoms with Crippen molar-refractivity contribution in [2.24, 2.45) is 5.92 Å². The largest absolute Gasteiger partial charge is 0.497 e. The molecule has 0 spiro atoms. The van der Waals surface area contributed by atoms with Crippen molar-refractivity contribution in [3.63, 3.8) is 0 Å². The quantitative estimate of drug-likeness (QED) is 0.806. The van der Waals surface area contributed by atoms with E-state index in [9.17, 15) is 9.59 Å². The summed E-state index contributed by atoms with van der Waals surface area (Å²) in [6, 6.07) is 7.39. The standard InChI is InChI=1S/C19H23N5O4/c1-23(2)17-15(10-20-19(22-17)28-4)21-18(26)12-9-16(25)24(11-12)13-5-7-14(27-3)8-6-13/h5-8,10,12H,9,11H2,1-4H3,(H,21,26). The van der Waals surface area contributed by atoms with E-state index in [4.69, 9.17) is 9.47 Å². The zero-order valence-corrected chi connectivity index (χ0v) is 16.3. The number of amides is 2. The Hall–Kier alpha value is -3.36. The number of nitrogens with one attached hydrogen (secondary N) is 1. The minimum absolute atomic E-state index is 0.0934. The van der Waals surface area contributed by atoms with Crippen LogP contribution in [0.4, 0.5) is 17.2 Å². The van der Waals surface area contributed by atoms with E-state index in [1.54, 1.807) is 41.2 Å². The second kappa shape index (κ2) is 8.12. The molecule has 28 heavy (non-hydrogen) atoms. The smallest absolute Gasteiger partial charge is 0.318 e. The maximum atomic E-state index is 12.8. The molecule has 2 heterocycles. The van der Waals surface area contributed by atoms with Gasteiger partial charge >= 0.3 is 6.01 Å². The minimum Gasteiger partial charge on any atom is -0.497 e. The first-order valence-corrected chi connectivity index (χ1v) is 8.76. The summed E-state index contributed by atoms with van der Waals surface area (Å²) >= 11 is 0. The van der Waals surface area contributed by atoms with E-state index in [-0.39, 0.29) is 24.2 Å². The highest BCUT2D eigenvalue weighted by Gasteiger charge is 2.35. The normalized spacial score (nSPS) is 16.1. The van der Waals surface area contributed by atoms with Gasteiger partial charge in [-0.25, -0.2) is 4.98 Å². The fraction of sp³-hybridized carbons (Fsp3) is 0.368. The predicted molar refractivity (Wildman–Crippen MR) is 105 cm³/mol. The van der Waals surface area contributed by atoms with E-state index in [2.05, 4.69) is 15.3 Å². The molecule has 1 unspecified atom stereocenters. The van der Waals surface area contributed by atoms with Crippen molar-refractivity contribution in [3.05, 3.63) is 30.5 Å². The second-order valence-corrected chi connectivity index (χ2v) is 6.58. The van der Waals surface area contributed by atoms with Gasteiger partial charge in [-0.15, -0.1) is 0 Å². The molecule has 0 saturated carbocycles. The van der Waals surface area contributed by atoms with Crippen LogP contribution in [0.25, 0.3) is 0 Å². The van der Waals surface area contributed by atoms with Gasteiger partial charge in [0.15, 0.2) is 5.82 Å². The van der Waals surface area contributed by atoms with Gasteiger partial charge in [0.25, 0.3) is 0 Å². The van der Waals surface area contributed by atoms with Gasteiger partial charge in [0.05, 0.1) is 26.3 Å². The van der Waals surface area contributed by atoms with Gasteiger partial charge in [-0.2, -0.15) is 4.98 Å². The molecule has 1 aliphatic rings. The van der Waals surface area contributed by atoms with E-state index in [1.807, 2.05) is 14.1 Å². The summed E-state index contributed by atoms with van der Waals surface area (Å²) in [7, 11) is 6.68. The van der Waals surface area contributed by atoms with Crippen LogP contribution in [0.1, 0.15) is 6.42 Å². The topological polar surface area (TPSA) is 96.9 Å². The zero-order chi connectivity index (χ0) is 20.3. The summed E-state index contributed by atoms with van der Waals surface area (Å²) in [5.74, 6) is 0.425. The summed E-state index contributed by atoms with van der Waals surface area (Å²) in [6.45, 7) is 0.311. The first-order valence-electron chi connectivity index (χ1n) is 8.76. The summed E-state index contributed by atoms with van der Waals surface area (Å²) in [5.41, 5.74) is 1.20. The third-order valence-corrected chi connectivity index (χ3v) is 4.49. The van der Waals surface area contributed by atoms with Crippen molar-refractivity contribution in [1.29, 1.82) is 0 Å². The fourth-order valence-corrected chi connectivity index (χ4v) is 3.01. The van der Waals surface area contributed by atoms with Crippen LogP contribution in [-0.4, -0.2) is 56.6 Å². The van der Waals surface area contributed by atoms with Crippen molar-refractivity contribution in [2.75, 3.05) is 50.0 Å². The number of carbonyl (C=O) groups excluding carboxylic acids is 2. The van der Waals surface area contributed by atoms with Gasteiger partial charge in [-0.05, 0) is 24.3 Å². The second-order valence-electron chi connectivity index (χ2n) is 6.58. The average Bonchev–Trinajstić information content (AvgIpc) is 3.10. The number of nitrogens with zero attached hydrogens (tertiary/aromatic N) is 4. The Labute approximate surface area is 163 Å². The number of carbonyl (C=O) groups is 2. The lowest BCUT2D eigenvalue weighted by Crippen LogP contribution is -2.28. The van der Waals surface area contributed by atoms with Crippen molar-refractivity contribution < 1.29 is 19.1 Å². The highest BCUT2D eigenvalue weighted by Crippen LogP contribution is 2.29. The molecule has 3 rings (SSSR count). The highest BCUT2D eigenvalue weighted by molar-refractivity contribution is 6.04. The fourth-order valence-electron chi connectivity index (χ4n) is 3.01. The Morgan fingerprint density at radius 3 is 2.54 bits per heavy atom. The number of rotatable bonds is 6. The average molecular weight is 385 g/mol. The Balaban J connectivity index is 1.73. The van der Waals surface area contributed by atoms with Crippen LogP contribution in [0, 0.1) is 5.92 Å². The molecule has 1 atom stereocenters. The molecule has 148 valence electrons. The Morgan fingerprint density at radius 2 is 1.93 bits per heavy atom. The van der Waals surface area contributed by atoms with E-state index < -0.39 is 5.92 Å². The molecule has 0 bridgehead atoms. The Bertz CT molecular complexity index is 869. The molecule has 2 aromatic rings. The number of hydrogen-bond acceptors (Lipinski definition) is 7. The van der Waals surface area contributed by atoms with Crippen LogP contribution in [0.15, 0.2) is 30.5 Å². The van der Waals surface area contributed by atoms with Crippen LogP contribution in [0.3, 0.4) is 0 Å². The number of aromatic nitrogens is 2. The summed E-state index contributed by atoms with van der Waals surface area (Å²) < 4.78 is 10.2. The molecule has 1 fully saturated rings. The van der Waals surface area contributed by atoms with E-state index in [1.165, 1.54) is 13.3 Å². The first-order chi connectivity index (χ1) is 13.4. The van der Waals surface area contributed by atoms with Crippen molar-refractivity contribution >= 4 is 29.0 Å². The maximum absolute atomic E-state index is 12.8. The van der Waals surface area contributed by atoms with E-state index in [0.717, 1.165) is 5.69 Å². The molecule has 1 aliphatic heterocycles. The highest BCUT2D eigenvalue weighted by atomic mass is 16.5. The zero-order valence-electron chi connectivity index (χ0n) is 16.3. The van der Waals surface area contributed by atoms with Crippen molar-refractivity contribution in [3.8, 4) is 11.8 Å². The van der Waals surface area contributed by atoms with Crippen molar-refractivity contribution in [1.82, 2.24) is 9.97 Å². The van der Waals surface area contributed by atoms with Gasteiger partial charge < -0.3 is 24.6 Å². The molecule has 1 aromatic heterocycles. The first kappa shape index (κ1) is 19.4. The maximum Gasteiger partial charge on any atom is 0.318 e. The Kier molecular flexibility index (Phi) is 5.62. The summed E-state index contributed by atoms with van der Waals surface area (Å²) in [4.78, 5) is 36.8. The SMILES string of the molecule is COc1ccc(N2CC(C(=O)Nc3cnc(OC)nc3N(C)C)CC2=O)cc1. The molecule has 2 amide bonds. The third-order valence-electron chi connectivity index (χ3n) is 4.49. The van der Waals surface area contributed by atoms with Crippen LogP contribution >= 0.6 is 0 Å². The van der Waals surface area contributed by atoms with Crippen LogP contribution < -0.4 is 24.6 Å². The molecule has 0 aliphatic carbocycles. The monoisotopic (exact) mass is 385 g/mol. The molecule has 9 heteroatoms. The molecule has 1 saturated heterocycles. The minimum atomic E-state index is -0.466. The molecule has 0 radical (unpaired) electrons. The number of hydrogen-bond donors (Lipinski definition) is 1. The van der Waals surface area contributed by atoms with E-state index in [0.29, 0.717) is 23.8 Å². The van der Waals surface area contributed by atoms with E-state index >= 15 is 0 Å². The van der Waals surface area contributed by atoms with Gasteiger partial charge in [-0.3, -0.25) is 9.59 Å². The lowest BCUT2D eigenvalue weighted by molar-refractivity contribution is -0.122. The summed E-state index contributed by atoms with van der Waals surface area (Å²) in [5, 5.41) is 2.84. The van der Waals surface area contributed by atoms with Crippen molar-refractivity contribution in [2.45, 2.75) is 6.42 Å². The number of anilines is 3. The molecular formula is C19H23N5O4. The predicted octanol–water partition coefficient (Wildman–Crippen LogP) is 1.55. The number of methoxy groups -OCH3 is 2. The Morgan fingerprint density at radius 1 is 1.21 bits per heavy atom. The lowest BCUT2D eigenvalue weighted by atomic mass is 10.1. The number of benzene rings is 1. The third kappa shape index (κ3) is 3.98. The number of ether oxygens (including phenoxy) is 2. The van der Waals surface area contributed by atoms with Gasteiger partial charge in [-0.1, -0.05) is 0 Å². The molecule has 1 aromatic carbocycles. The molecule has 1 N–H and O–H groups in total.